The number of halogens is 1. The molecule has 0 heterocycles. The number of benzene rings is 1. The molecular weight excluding hydrogens is 193 g/mol. The Morgan fingerprint density at radius 2 is 2.27 bits per heavy atom. The van der Waals surface area contributed by atoms with Gasteiger partial charge in [0.1, 0.15) is 5.82 Å². The van der Waals surface area contributed by atoms with Crippen molar-refractivity contribution in [3.63, 3.8) is 0 Å². The number of hydrogen-bond donors (Lipinski definition) is 1. The Hall–Kier alpha value is -1.60. The summed E-state index contributed by atoms with van der Waals surface area (Å²) < 4.78 is 13.6. The van der Waals surface area contributed by atoms with E-state index in [1.54, 1.807) is 12.1 Å². The molecule has 0 aliphatic heterocycles. The second kappa shape index (κ2) is 5.32. The van der Waals surface area contributed by atoms with Crippen molar-refractivity contribution in [3.05, 3.63) is 29.6 Å². The summed E-state index contributed by atoms with van der Waals surface area (Å²) in [7, 11) is 0. The van der Waals surface area contributed by atoms with Crippen molar-refractivity contribution >= 4 is 5.69 Å². The van der Waals surface area contributed by atoms with Crippen molar-refractivity contribution in [2.75, 3.05) is 24.5 Å². The van der Waals surface area contributed by atoms with Crippen LogP contribution in [0.5, 0.6) is 0 Å². The molecule has 0 atom stereocenters. The highest BCUT2D eigenvalue weighted by Gasteiger charge is 2.09. The first-order chi connectivity index (χ1) is 7.22. The third-order valence-corrected chi connectivity index (χ3v) is 2.20. The summed E-state index contributed by atoms with van der Waals surface area (Å²) in [5, 5.41) is 8.60. The highest BCUT2D eigenvalue weighted by molar-refractivity contribution is 5.51. The summed E-state index contributed by atoms with van der Waals surface area (Å²) in [6, 6.07) is 6.37. The lowest BCUT2D eigenvalue weighted by Crippen LogP contribution is -2.29. The zero-order valence-electron chi connectivity index (χ0n) is 8.70. The molecular formula is C11H14FN3. The molecule has 15 heavy (non-hydrogen) atoms. The lowest BCUT2D eigenvalue weighted by molar-refractivity contribution is 0.618. The summed E-state index contributed by atoms with van der Waals surface area (Å²) in [5.74, 6) is -0.371. The quantitative estimate of drug-likeness (QED) is 0.813. The molecule has 1 rings (SSSR count). The molecule has 80 valence electrons. The Kier molecular flexibility index (Phi) is 4.07. The molecule has 0 spiro atoms. The van der Waals surface area contributed by atoms with Gasteiger partial charge in [-0.1, -0.05) is 0 Å². The van der Waals surface area contributed by atoms with E-state index in [0.717, 1.165) is 0 Å². The maximum atomic E-state index is 13.6. The number of nitrogens with zero attached hydrogens (tertiary/aromatic N) is 2. The molecule has 2 N–H and O–H groups in total. The van der Waals surface area contributed by atoms with Crippen LogP contribution in [-0.4, -0.2) is 19.6 Å². The van der Waals surface area contributed by atoms with E-state index < -0.39 is 0 Å². The van der Waals surface area contributed by atoms with Gasteiger partial charge < -0.3 is 10.6 Å². The van der Waals surface area contributed by atoms with Crippen LogP contribution in [0.15, 0.2) is 18.2 Å². The number of nitrogens with two attached hydrogens (primary N) is 1. The van der Waals surface area contributed by atoms with E-state index in [0.29, 0.717) is 30.9 Å². The van der Waals surface area contributed by atoms with Crippen molar-refractivity contribution in [2.24, 2.45) is 5.73 Å². The van der Waals surface area contributed by atoms with Crippen LogP contribution in [0, 0.1) is 17.1 Å². The summed E-state index contributed by atoms with van der Waals surface area (Å²) in [5.41, 5.74) is 6.27. The molecule has 4 heteroatoms. The zero-order chi connectivity index (χ0) is 11.3. The molecule has 0 amide bonds. The van der Waals surface area contributed by atoms with E-state index in [1.807, 2.05) is 17.9 Å². The first-order valence-corrected chi connectivity index (χ1v) is 4.87. The van der Waals surface area contributed by atoms with Gasteiger partial charge in [0.15, 0.2) is 0 Å². The largest absolute Gasteiger partial charge is 0.368 e. The average molecular weight is 207 g/mol. The second-order valence-electron chi connectivity index (χ2n) is 3.15. The number of anilines is 1. The van der Waals surface area contributed by atoms with Crippen molar-refractivity contribution in [1.82, 2.24) is 0 Å². The van der Waals surface area contributed by atoms with E-state index in [-0.39, 0.29) is 5.82 Å². The smallest absolute Gasteiger partial charge is 0.147 e. The van der Waals surface area contributed by atoms with E-state index in [4.69, 9.17) is 11.0 Å². The third-order valence-electron chi connectivity index (χ3n) is 2.20. The molecule has 0 saturated heterocycles. The minimum absolute atomic E-state index is 0.333. The summed E-state index contributed by atoms with van der Waals surface area (Å²) in [6.45, 7) is 3.72. The molecule has 0 unspecified atom stereocenters. The Morgan fingerprint density at radius 3 is 2.73 bits per heavy atom. The summed E-state index contributed by atoms with van der Waals surface area (Å²) in [6.07, 6.45) is 0. The number of nitriles is 1. The van der Waals surface area contributed by atoms with Crippen LogP contribution in [0.1, 0.15) is 12.5 Å². The van der Waals surface area contributed by atoms with Gasteiger partial charge in [0, 0.05) is 19.6 Å². The fraction of sp³-hybridized carbons (Fsp3) is 0.364. The Morgan fingerprint density at radius 1 is 1.53 bits per heavy atom. The molecule has 3 nitrogen and oxygen atoms in total. The van der Waals surface area contributed by atoms with Gasteiger partial charge in [0.05, 0.1) is 17.3 Å². The molecule has 1 aromatic rings. The number of likely N-dealkylation sites (N-methyl/N-ethyl adjacent to an activating group) is 1. The highest BCUT2D eigenvalue weighted by Crippen LogP contribution is 2.19. The van der Waals surface area contributed by atoms with Gasteiger partial charge in [-0.2, -0.15) is 5.26 Å². The second-order valence-corrected chi connectivity index (χ2v) is 3.15. The maximum absolute atomic E-state index is 13.6. The summed E-state index contributed by atoms with van der Waals surface area (Å²) >= 11 is 0. The van der Waals surface area contributed by atoms with Crippen molar-refractivity contribution < 1.29 is 4.39 Å². The van der Waals surface area contributed by atoms with Gasteiger partial charge in [0.2, 0.25) is 0 Å². The molecule has 0 aromatic heterocycles. The maximum Gasteiger partial charge on any atom is 0.147 e. The Balaban J connectivity index is 2.98. The van der Waals surface area contributed by atoms with Gasteiger partial charge in [0.25, 0.3) is 0 Å². The van der Waals surface area contributed by atoms with Crippen LogP contribution in [0.25, 0.3) is 0 Å². The van der Waals surface area contributed by atoms with Gasteiger partial charge in [-0.05, 0) is 25.1 Å². The average Bonchev–Trinajstić information content (AvgIpc) is 2.26. The molecule has 0 aliphatic carbocycles. The van der Waals surface area contributed by atoms with Crippen molar-refractivity contribution in [3.8, 4) is 6.07 Å². The van der Waals surface area contributed by atoms with E-state index in [2.05, 4.69) is 0 Å². The van der Waals surface area contributed by atoms with E-state index in [1.165, 1.54) is 6.07 Å². The minimum atomic E-state index is -0.371. The van der Waals surface area contributed by atoms with Gasteiger partial charge >= 0.3 is 0 Å². The monoisotopic (exact) mass is 207 g/mol. The predicted molar refractivity (Wildman–Crippen MR) is 58.1 cm³/mol. The third kappa shape index (κ3) is 2.67. The number of hydrogen-bond acceptors (Lipinski definition) is 3. The molecule has 0 bridgehead atoms. The lowest BCUT2D eigenvalue weighted by Gasteiger charge is -2.22. The van der Waals surface area contributed by atoms with Crippen LogP contribution in [0.3, 0.4) is 0 Å². The topological polar surface area (TPSA) is 53.0 Å². The molecule has 0 saturated carbocycles. The highest BCUT2D eigenvalue weighted by atomic mass is 19.1. The Labute approximate surface area is 88.9 Å². The fourth-order valence-electron chi connectivity index (χ4n) is 1.44. The van der Waals surface area contributed by atoms with Crippen LogP contribution in [-0.2, 0) is 0 Å². The molecule has 1 aromatic carbocycles. The van der Waals surface area contributed by atoms with Gasteiger partial charge in [-0.3, -0.25) is 0 Å². The first kappa shape index (κ1) is 11.5. The minimum Gasteiger partial charge on any atom is -0.368 e. The number of rotatable bonds is 4. The van der Waals surface area contributed by atoms with E-state index >= 15 is 0 Å². The normalized spacial score (nSPS) is 9.73. The molecule has 0 radical (unpaired) electrons. The first-order valence-electron chi connectivity index (χ1n) is 4.87. The lowest BCUT2D eigenvalue weighted by atomic mass is 10.2. The van der Waals surface area contributed by atoms with Crippen molar-refractivity contribution in [1.29, 1.82) is 5.26 Å². The SMILES string of the molecule is CCN(CCN)c1ccc(C#N)cc1F. The standard InChI is InChI=1S/C11H14FN3/c1-2-15(6-5-13)11-4-3-9(8-14)7-10(11)12/h3-4,7H,2,5-6,13H2,1H3. The van der Waals surface area contributed by atoms with Crippen molar-refractivity contribution in [2.45, 2.75) is 6.92 Å². The van der Waals surface area contributed by atoms with Crippen LogP contribution in [0.4, 0.5) is 10.1 Å². The molecule has 0 aliphatic rings. The van der Waals surface area contributed by atoms with Crippen LogP contribution < -0.4 is 10.6 Å². The van der Waals surface area contributed by atoms with Gasteiger partial charge in [-0.15, -0.1) is 0 Å². The summed E-state index contributed by atoms with van der Waals surface area (Å²) in [4.78, 5) is 1.84. The predicted octanol–water partition coefficient (Wildman–Crippen LogP) is 1.48. The molecule has 0 fully saturated rings. The fourth-order valence-corrected chi connectivity index (χ4v) is 1.44. The Bertz CT molecular complexity index is 371. The van der Waals surface area contributed by atoms with Crippen LogP contribution >= 0.6 is 0 Å². The van der Waals surface area contributed by atoms with Gasteiger partial charge in [-0.25, -0.2) is 4.39 Å². The van der Waals surface area contributed by atoms with E-state index in [9.17, 15) is 4.39 Å². The van der Waals surface area contributed by atoms with Crippen LogP contribution in [0.2, 0.25) is 0 Å². The zero-order valence-corrected chi connectivity index (χ0v) is 8.70.